The second-order valence-electron chi connectivity index (χ2n) is 2.89. The minimum absolute atomic E-state index is 0.478. The molecule has 0 spiro atoms. The van der Waals surface area contributed by atoms with Crippen LogP contribution in [0.15, 0.2) is 23.1 Å². The molecule has 1 aromatic rings. The lowest BCUT2D eigenvalue weighted by Gasteiger charge is -2.04. The molecule has 1 rings (SSSR count). The van der Waals surface area contributed by atoms with E-state index in [9.17, 15) is 4.21 Å². The molecule has 3 N–H and O–H groups in total. The molecule has 0 aliphatic rings. The summed E-state index contributed by atoms with van der Waals surface area (Å²) in [6.45, 7) is 2.37. The lowest BCUT2D eigenvalue weighted by Crippen LogP contribution is -2.03. The van der Waals surface area contributed by atoms with Crippen LogP contribution in [0.1, 0.15) is 11.1 Å². The number of benzene rings is 1. The van der Waals surface area contributed by atoms with Crippen molar-refractivity contribution in [1.29, 1.82) is 0 Å². The Balaban J connectivity index is 3.04. The van der Waals surface area contributed by atoms with Crippen LogP contribution >= 0.6 is 0 Å². The maximum Gasteiger partial charge on any atom is 0.186 e. The van der Waals surface area contributed by atoms with Gasteiger partial charge in [0.25, 0.3) is 0 Å². The van der Waals surface area contributed by atoms with E-state index in [-0.39, 0.29) is 0 Å². The Hall–Kier alpha value is -0.710. The lowest BCUT2D eigenvalue weighted by atomic mass is 10.1. The number of hydrogen-bond donors (Lipinski definition) is 2. The Morgan fingerprint density at radius 1 is 1.54 bits per heavy atom. The van der Waals surface area contributed by atoms with Crippen LogP contribution in [0.3, 0.4) is 0 Å². The predicted octanol–water partition coefficient (Wildman–Crippen LogP) is 1.08. The molecular weight excluding hydrogens is 186 g/mol. The molecule has 0 fully saturated rings. The van der Waals surface area contributed by atoms with Gasteiger partial charge in [0.15, 0.2) is 11.1 Å². The molecule has 1 aromatic carbocycles. The second kappa shape index (κ2) is 4.50. The van der Waals surface area contributed by atoms with E-state index in [2.05, 4.69) is 0 Å². The van der Waals surface area contributed by atoms with E-state index in [0.717, 1.165) is 17.5 Å². The fraction of sp³-hybridized carbons (Fsp3) is 0.333. The van der Waals surface area contributed by atoms with Gasteiger partial charge in [-0.2, -0.15) is 0 Å². The first-order chi connectivity index (χ1) is 6.15. The molecule has 0 aliphatic heterocycles. The average Bonchev–Trinajstić information content (AvgIpc) is 2.08. The Kier molecular flexibility index (Phi) is 3.59. The van der Waals surface area contributed by atoms with E-state index in [4.69, 9.17) is 10.3 Å². The van der Waals surface area contributed by atoms with E-state index in [0.29, 0.717) is 11.4 Å². The molecule has 0 aromatic heterocycles. The summed E-state index contributed by atoms with van der Waals surface area (Å²) in [5, 5.41) is 0. The van der Waals surface area contributed by atoms with Crippen molar-refractivity contribution >= 4 is 11.1 Å². The van der Waals surface area contributed by atoms with Gasteiger partial charge in [-0.3, -0.25) is 0 Å². The van der Waals surface area contributed by atoms with Crippen molar-refractivity contribution in [3.05, 3.63) is 29.3 Å². The third-order valence-electron chi connectivity index (χ3n) is 1.87. The molecule has 4 heteroatoms. The quantitative estimate of drug-likeness (QED) is 0.716. The smallest absolute Gasteiger partial charge is 0.186 e. The largest absolute Gasteiger partial charge is 0.330 e. The number of hydrogen-bond acceptors (Lipinski definition) is 2. The summed E-state index contributed by atoms with van der Waals surface area (Å²) >= 11 is -1.90. The predicted molar refractivity (Wildman–Crippen MR) is 53.0 cm³/mol. The highest BCUT2D eigenvalue weighted by atomic mass is 32.2. The van der Waals surface area contributed by atoms with Crippen molar-refractivity contribution in [2.75, 3.05) is 6.54 Å². The highest BCUT2D eigenvalue weighted by Crippen LogP contribution is 2.14. The first-order valence-electron chi connectivity index (χ1n) is 4.05. The molecule has 0 radical (unpaired) electrons. The van der Waals surface area contributed by atoms with Gasteiger partial charge in [-0.05, 0) is 37.1 Å². The average molecular weight is 199 g/mol. The first kappa shape index (κ1) is 10.4. The minimum atomic E-state index is -1.90. The van der Waals surface area contributed by atoms with E-state index in [1.807, 2.05) is 19.1 Å². The monoisotopic (exact) mass is 199 g/mol. The molecule has 0 saturated heterocycles. The van der Waals surface area contributed by atoms with E-state index >= 15 is 0 Å². The molecule has 0 amide bonds. The second-order valence-corrected chi connectivity index (χ2v) is 3.83. The summed E-state index contributed by atoms with van der Waals surface area (Å²) in [5.74, 6) is 0. The van der Waals surface area contributed by atoms with Gasteiger partial charge < -0.3 is 10.3 Å². The van der Waals surface area contributed by atoms with Gasteiger partial charge in [-0.15, -0.1) is 0 Å². The van der Waals surface area contributed by atoms with Crippen molar-refractivity contribution in [3.8, 4) is 0 Å². The summed E-state index contributed by atoms with van der Waals surface area (Å²) in [4.78, 5) is 0.478. The van der Waals surface area contributed by atoms with Gasteiger partial charge in [-0.1, -0.05) is 12.1 Å². The van der Waals surface area contributed by atoms with E-state index < -0.39 is 11.1 Å². The van der Waals surface area contributed by atoms with Crippen molar-refractivity contribution < 1.29 is 8.76 Å². The van der Waals surface area contributed by atoms with Crippen LogP contribution in [0.2, 0.25) is 0 Å². The van der Waals surface area contributed by atoms with Crippen molar-refractivity contribution in [3.63, 3.8) is 0 Å². The van der Waals surface area contributed by atoms with Gasteiger partial charge in [-0.25, -0.2) is 4.21 Å². The maximum absolute atomic E-state index is 10.9. The number of rotatable bonds is 3. The van der Waals surface area contributed by atoms with Crippen LogP contribution in [0.4, 0.5) is 0 Å². The Bertz CT molecular complexity index is 325. The molecule has 1 atom stereocenters. The SMILES string of the molecule is Cc1ccc(CCN)cc1S(=O)O. The highest BCUT2D eigenvalue weighted by molar-refractivity contribution is 7.79. The van der Waals surface area contributed by atoms with Gasteiger partial charge in [0.1, 0.15) is 0 Å². The normalized spacial score (nSPS) is 12.8. The Labute approximate surface area is 80.2 Å². The van der Waals surface area contributed by atoms with Crippen molar-refractivity contribution in [2.45, 2.75) is 18.2 Å². The third kappa shape index (κ3) is 2.62. The maximum atomic E-state index is 10.9. The van der Waals surface area contributed by atoms with Crippen LogP contribution < -0.4 is 5.73 Å². The lowest BCUT2D eigenvalue weighted by molar-refractivity contribution is 0.563. The molecule has 0 aliphatic carbocycles. The zero-order valence-corrected chi connectivity index (χ0v) is 8.30. The minimum Gasteiger partial charge on any atom is -0.330 e. The zero-order chi connectivity index (χ0) is 9.84. The van der Waals surface area contributed by atoms with Crippen LogP contribution in [-0.4, -0.2) is 15.3 Å². The summed E-state index contributed by atoms with van der Waals surface area (Å²) in [5.41, 5.74) is 7.23. The molecule has 0 heterocycles. The number of aryl methyl sites for hydroxylation is 1. The Morgan fingerprint density at radius 2 is 2.23 bits per heavy atom. The highest BCUT2D eigenvalue weighted by Gasteiger charge is 2.04. The van der Waals surface area contributed by atoms with Crippen molar-refractivity contribution in [1.82, 2.24) is 0 Å². The summed E-state index contributed by atoms with van der Waals surface area (Å²) in [6.07, 6.45) is 0.741. The fourth-order valence-corrected chi connectivity index (χ4v) is 1.75. The van der Waals surface area contributed by atoms with E-state index in [1.54, 1.807) is 6.07 Å². The van der Waals surface area contributed by atoms with Gasteiger partial charge in [0.05, 0.1) is 4.90 Å². The summed E-state index contributed by atoms with van der Waals surface area (Å²) in [7, 11) is 0. The topological polar surface area (TPSA) is 63.3 Å². The molecule has 72 valence electrons. The Morgan fingerprint density at radius 3 is 2.77 bits per heavy atom. The molecule has 0 saturated carbocycles. The molecule has 0 bridgehead atoms. The van der Waals surface area contributed by atoms with Crippen LogP contribution in [0, 0.1) is 6.92 Å². The standard InChI is InChI=1S/C9H13NO2S/c1-7-2-3-8(4-5-10)6-9(7)13(11)12/h2-3,6H,4-5,10H2,1H3,(H,11,12). The molecule has 13 heavy (non-hydrogen) atoms. The van der Waals surface area contributed by atoms with Crippen LogP contribution in [-0.2, 0) is 17.5 Å². The van der Waals surface area contributed by atoms with Crippen molar-refractivity contribution in [2.24, 2.45) is 5.73 Å². The number of nitrogens with two attached hydrogens (primary N) is 1. The zero-order valence-electron chi connectivity index (χ0n) is 7.49. The summed E-state index contributed by atoms with van der Waals surface area (Å²) in [6, 6.07) is 5.51. The fourth-order valence-electron chi connectivity index (χ4n) is 1.15. The molecule has 1 unspecified atom stereocenters. The van der Waals surface area contributed by atoms with Gasteiger partial charge >= 0.3 is 0 Å². The van der Waals surface area contributed by atoms with Crippen LogP contribution in [0.5, 0.6) is 0 Å². The van der Waals surface area contributed by atoms with Crippen LogP contribution in [0.25, 0.3) is 0 Å². The third-order valence-corrected chi connectivity index (χ3v) is 2.69. The summed E-state index contributed by atoms with van der Waals surface area (Å²) < 4.78 is 19.8. The molecular formula is C9H13NO2S. The van der Waals surface area contributed by atoms with Gasteiger partial charge in [0, 0.05) is 0 Å². The first-order valence-corrected chi connectivity index (χ1v) is 5.16. The van der Waals surface area contributed by atoms with E-state index in [1.165, 1.54) is 0 Å². The molecule has 3 nitrogen and oxygen atoms in total. The van der Waals surface area contributed by atoms with Gasteiger partial charge in [0.2, 0.25) is 0 Å².